The van der Waals surface area contributed by atoms with Crippen molar-refractivity contribution >= 4 is 33.3 Å². The molecule has 2 aliphatic heterocycles. The van der Waals surface area contributed by atoms with E-state index in [1.165, 1.54) is 10.4 Å². The predicted molar refractivity (Wildman–Crippen MR) is 119 cm³/mol. The summed E-state index contributed by atoms with van der Waals surface area (Å²) >= 11 is 0. The fraction of sp³-hybridized carbons (Fsp3) is 0.409. The maximum Gasteiger partial charge on any atom is 0.265 e. The number of piperidine rings is 1. The molecule has 170 valence electrons. The van der Waals surface area contributed by atoms with Crippen LogP contribution in [0.25, 0.3) is 0 Å². The Morgan fingerprint density at radius 2 is 2.16 bits per heavy atom. The SMILES string of the molecule is CC[C@H]1Oc2cc(S(=O)(=O)N3CCC[C@@H](C(=O)Nc4ccccn4)C3)c(C)cc2NC1=O. The molecule has 2 amide bonds. The summed E-state index contributed by atoms with van der Waals surface area (Å²) in [4.78, 5) is 29.0. The van der Waals surface area contributed by atoms with Gasteiger partial charge in [-0.05, 0) is 49.9 Å². The summed E-state index contributed by atoms with van der Waals surface area (Å²) in [5, 5.41) is 5.53. The van der Waals surface area contributed by atoms with Crippen LogP contribution in [0.15, 0.2) is 41.4 Å². The van der Waals surface area contributed by atoms with Gasteiger partial charge in [-0.1, -0.05) is 13.0 Å². The highest BCUT2D eigenvalue weighted by Gasteiger charge is 2.36. The Morgan fingerprint density at radius 1 is 1.34 bits per heavy atom. The van der Waals surface area contributed by atoms with Crippen molar-refractivity contribution in [2.45, 2.75) is 44.1 Å². The molecule has 0 unspecified atom stereocenters. The van der Waals surface area contributed by atoms with Gasteiger partial charge in [0.15, 0.2) is 6.10 Å². The van der Waals surface area contributed by atoms with Gasteiger partial charge >= 0.3 is 0 Å². The lowest BCUT2D eigenvalue weighted by Gasteiger charge is -2.32. The topological polar surface area (TPSA) is 118 Å². The van der Waals surface area contributed by atoms with Crippen molar-refractivity contribution in [3.8, 4) is 5.75 Å². The monoisotopic (exact) mass is 458 g/mol. The summed E-state index contributed by atoms with van der Waals surface area (Å²) in [6.45, 7) is 3.93. The molecule has 9 nitrogen and oxygen atoms in total. The minimum atomic E-state index is -3.86. The number of benzene rings is 1. The van der Waals surface area contributed by atoms with Crippen molar-refractivity contribution in [3.63, 3.8) is 0 Å². The first-order chi connectivity index (χ1) is 15.3. The second kappa shape index (κ2) is 8.87. The lowest BCUT2D eigenvalue weighted by Crippen LogP contribution is -2.44. The van der Waals surface area contributed by atoms with Crippen molar-refractivity contribution in [3.05, 3.63) is 42.1 Å². The zero-order chi connectivity index (χ0) is 22.9. The lowest BCUT2D eigenvalue weighted by atomic mass is 9.99. The molecule has 0 saturated carbocycles. The van der Waals surface area contributed by atoms with Gasteiger partial charge in [0, 0.05) is 25.4 Å². The molecular formula is C22H26N4O5S. The number of sulfonamides is 1. The van der Waals surface area contributed by atoms with Crippen LogP contribution in [0.3, 0.4) is 0 Å². The number of rotatable bonds is 5. The maximum atomic E-state index is 13.5. The van der Waals surface area contributed by atoms with E-state index in [0.29, 0.717) is 48.6 Å². The zero-order valence-electron chi connectivity index (χ0n) is 18.0. The number of aromatic nitrogens is 1. The molecule has 10 heteroatoms. The van der Waals surface area contributed by atoms with Gasteiger partial charge in [0.05, 0.1) is 16.5 Å². The highest BCUT2D eigenvalue weighted by molar-refractivity contribution is 7.89. The first-order valence-electron chi connectivity index (χ1n) is 10.6. The largest absolute Gasteiger partial charge is 0.478 e. The molecular weight excluding hydrogens is 432 g/mol. The number of hydrogen-bond donors (Lipinski definition) is 2. The highest BCUT2D eigenvalue weighted by atomic mass is 32.2. The molecule has 1 saturated heterocycles. The number of nitrogens with zero attached hydrogens (tertiary/aromatic N) is 2. The zero-order valence-corrected chi connectivity index (χ0v) is 18.8. The van der Waals surface area contributed by atoms with Crippen LogP contribution in [0.5, 0.6) is 5.75 Å². The molecule has 0 spiro atoms. The highest BCUT2D eigenvalue weighted by Crippen LogP contribution is 2.36. The van der Waals surface area contributed by atoms with Gasteiger partial charge in [-0.25, -0.2) is 13.4 Å². The number of ether oxygens (including phenoxy) is 1. The van der Waals surface area contributed by atoms with Gasteiger partial charge in [-0.3, -0.25) is 9.59 Å². The smallest absolute Gasteiger partial charge is 0.265 e. The predicted octanol–water partition coefficient (Wildman–Crippen LogP) is 2.54. The van der Waals surface area contributed by atoms with Crippen molar-refractivity contribution in [2.24, 2.45) is 5.92 Å². The summed E-state index contributed by atoms with van der Waals surface area (Å²) < 4.78 is 34.0. The molecule has 0 bridgehead atoms. The Balaban J connectivity index is 1.55. The molecule has 32 heavy (non-hydrogen) atoms. The van der Waals surface area contributed by atoms with E-state index in [1.807, 2.05) is 6.92 Å². The van der Waals surface area contributed by atoms with E-state index in [4.69, 9.17) is 4.74 Å². The first-order valence-corrected chi connectivity index (χ1v) is 12.1. The molecule has 2 aliphatic rings. The average molecular weight is 459 g/mol. The minimum absolute atomic E-state index is 0.0900. The summed E-state index contributed by atoms with van der Waals surface area (Å²) in [6, 6.07) is 8.30. The Morgan fingerprint density at radius 3 is 2.88 bits per heavy atom. The Kier molecular flexibility index (Phi) is 6.16. The van der Waals surface area contributed by atoms with Gasteiger partial charge in [-0.2, -0.15) is 4.31 Å². The van der Waals surface area contributed by atoms with Crippen LogP contribution in [0.1, 0.15) is 31.7 Å². The molecule has 0 aliphatic carbocycles. The number of carbonyl (C=O) groups is 2. The van der Waals surface area contributed by atoms with E-state index in [-0.39, 0.29) is 23.3 Å². The van der Waals surface area contributed by atoms with E-state index in [0.717, 1.165) is 0 Å². The standard InChI is InChI=1S/C22H26N4O5S/c1-3-17-22(28)24-16-11-14(2)19(12-18(16)31-17)32(29,30)26-10-6-7-15(13-26)21(27)25-20-8-4-5-9-23-20/h4-5,8-9,11-12,15,17H,3,6-7,10,13H2,1-2H3,(H,24,28)(H,23,25,27)/t15-,17-/m1/s1. The van der Waals surface area contributed by atoms with Crippen LogP contribution in [0, 0.1) is 12.8 Å². The third kappa shape index (κ3) is 4.33. The molecule has 1 fully saturated rings. The quantitative estimate of drug-likeness (QED) is 0.711. The van der Waals surface area contributed by atoms with Crippen LogP contribution >= 0.6 is 0 Å². The summed E-state index contributed by atoms with van der Waals surface area (Å²) in [6.07, 6.45) is 2.57. The Labute approximate surface area is 187 Å². The second-order valence-electron chi connectivity index (χ2n) is 8.02. The van der Waals surface area contributed by atoms with Gasteiger partial charge in [-0.15, -0.1) is 0 Å². The first kappa shape index (κ1) is 22.2. The van der Waals surface area contributed by atoms with Crippen LogP contribution in [0.4, 0.5) is 11.5 Å². The minimum Gasteiger partial charge on any atom is -0.478 e. The molecule has 1 aromatic carbocycles. The van der Waals surface area contributed by atoms with Gasteiger partial charge < -0.3 is 15.4 Å². The van der Waals surface area contributed by atoms with E-state index in [2.05, 4.69) is 15.6 Å². The number of hydrogen-bond acceptors (Lipinski definition) is 6. The van der Waals surface area contributed by atoms with Crippen LogP contribution in [0.2, 0.25) is 0 Å². The Hall–Kier alpha value is -2.98. The van der Waals surface area contributed by atoms with E-state index in [9.17, 15) is 18.0 Å². The molecule has 3 heterocycles. The molecule has 1 aromatic heterocycles. The number of amides is 2. The fourth-order valence-electron chi connectivity index (χ4n) is 4.01. The van der Waals surface area contributed by atoms with Gasteiger partial charge in [0.25, 0.3) is 5.91 Å². The van der Waals surface area contributed by atoms with Crippen LogP contribution in [-0.2, 0) is 19.6 Å². The summed E-state index contributed by atoms with van der Waals surface area (Å²) in [7, 11) is -3.86. The molecule has 2 atom stereocenters. The number of aryl methyl sites for hydroxylation is 1. The number of fused-ring (bicyclic) bond motifs is 1. The van der Waals surface area contributed by atoms with Crippen molar-refractivity contribution < 1.29 is 22.7 Å². The fourth-order valence-corrected chi connectivity index (χ4v) is 5.76. The number of pyridine rings is 1. The lowest BCUT2D eigenvalue weighted by molar-refractivity contribution is -0.123. The summed E-state index contributed by atoms with van der Waals surface area (Å²) in [5.74, 6) is -0.191. The molecule has 2 aromatic rings. The number of nitrogens with one attached hydrogen (secondary N) is 2. The normalized spacial score (nSPS) is 21.2. The number of carbonyl (C=O) groups excluding carboxylic acids is 2. The second-order valence-corrected chi connectivity index (χ2v) is 9.93. The summed E-state index contributed by atoms with van der Waals surface area (Å²) in [5.41, 5.74) is 0.963. The third-order valence-corrected chi connectivity index (χ3v) is 7.76. The van der Waals surface area contributed by atoms with Crippen molar-refractivity contribution in [2.75, 3.05) is 23.7 Å². The van der Waals surface area contributed by atoms with Crippen molar-refractivity contribution in [1.29, 1.82) is 0 Å². The molecule has 2 N–H and O–H groups in total. The van der Waals surface area contributed by atoms with Gasteiger partial charge in [0.1, 0.15) is 11.6 Å². The average Bonchev–Trinajstić information content (AvgIpc) is 2.79. The van der Waals surface area contributed by atoms with Crippen LogP contribution in [-0.4, -0.2) is 48.7 Å². The van der Waals surface area contributed by atoms with Crippen LogP contribution < -0.4 is 15.4 Å². The Bertz CT molecular complexity index is 1140. The van der Waals surface area contributed by atoms with E-state index in [1.54, 1.807) is 37.4 Å². The van der Waals surface area contributed by atoms with Crippen molar-refractivity contribution in [1.82, 2.24) is 9.29 Å². The van der Waals surface area contributed by atoms with E-state index >= 15 is 0 Å². The maximum absolute atomic E-state index is 13.5. The van der Waals surface area contributed by atoms with E-state index < -0.39 is 22.0 Å². The van der Waals surface area contributed by atoms with Gasteiger partial charge in [0.2, 0.25) is 15.9 Å². The number of anilines is 2. The molecule has 4 rings (SSSR count). The third-order valence-electron chi connectivity index (χ3n) is 5.76. The molecule has 0 radical (unpaired) electrons.